The lowest BCUT2D eigenvalue weighted by molar-refractivity contribution is 0.0708. The number of aromatic amines is 1. The molecule has 1 aliphatic heterocycles. The highest BCUT2D eigenvalue weighted by molar-refractivity contribution is 7.89. The third-order valence-corrected chi connectivity index (χ3v) is 7.67. The van der Waals surface area contributed by atoms with E-state index in [0.29, 0.717) is 13.1 Å². The zero-order chi connectivity index (χ0) is 23.8. The van der Waals surface area contributed by atoms with Crippen molar-refractivity contribution >= 4 is 26.8 Å². The van der Waals surface area contributed by atoms with Crippen molar-refractivity contribution in [2.75, 3.05) is 20.2 Å². The first kappa shape index (κ1) is 23.3. The third-order valence-electron chi connectivity index (χ3n) is 6.01. The Labute approximate surface area is 193 Å². The van der Waals surface area contributed by atoms with E-state index in [1.54, 1.807) is 25.9 Å². The smallest absolute Gasteiger partial charge is 0.256 e. The Morgan fingerprint density at radius 1 is 1.18 bits per heavy atom. The maximum Gasteiger partial charge on any atom is 0.256 e. The highest BCUT2D eigenvalue weighted by Gasteiger charge is 2.28. The maximum absolute atomic E-state index is 14.5. The van der Waals surface area contributed by atoms with E-state index >= 15 is 0 Å². The molecule has 1 aliphatic rings. The molecule has 1 amide bonds. The molecule has 0 bridgehead atoms. The Morgan fingerprint density at radius 3 is 2.58 bits per heavy atom. The summed E-state index contributed by atoms with van der Waals surface area (Å²) < 4.78 is 47.2. The van der Waals surface area contributed by atoms with Crippen LogP contribution >= 0.6 is 0 Å². The molecule has 1 fully saturated rings. The summed E-state index contributed by atoms with van der Waals surface area (Å²) in [6.45, 7) is 4.31. The van der Waals surface area contributed by atoms with Crippen LogP contribution in [0.25, 0.3) is 10.9 Å². The molecule has 0 aliphatic carbocycles. The molecule has 33 heavy (non-hydrogen) atoms. The molecular weight excluding hydrogens is 445 g/mol. The van der Waals surface area contributed by atoms with E-state index in [1.165, 1.54) is 11.6 Å². The predicted molar refractivity (Wildman–Crippen MR) is 125 cm³/mol. The Morgan fingerprint density at radius 2 is 1.91 bits per heavy atom. The molecule has 1 aromatic heterocycles. The van der Waals surface area contributed by atoms with E-state index in [0.717, 1.165) is 41.6 Å². The first-order valence-electron chi connectivity index (χ1n) is 11.0. The van der Waals surface area contributed by atoms with Crippen LogP contribution in [0.1, 0.15) is 48.5 Å². The molecule has 176 valence electrons. The van der Waals surface area contributed by atoms with E-state index in [-0.39, 0.29) is 22.4 Å². The van der Waals surface area contributed by atoms with Crippen molar-refractivity contribution in [2.45, 2.75) is 43.5 Å². The quantitative estimate of drug-likeness (QED) is 0.566. The van der Waals surface area contributed by atoms with Crippen molar-refractivity contribution in [3.8, 4) is 5.75 Å². The van der Waals surface area contributed by atoms with Gasteiger partial charge in [-0.3, -0.25) is 4.79 Å². The molecule has 0 saturated carbocycles. The van der Waals surface area contributed by atoms with Crippen LogP contribution in [0.5, 0.6) is 5.75 Å². The van der Waals surface area contributed by atoms with Crippen LogP contribution < -0.4 is 9.46 Å². The van der Waals surface area contributed by atoms with Gasteiger partial charge < -0.3 is 14.6 Å². The van der Waals surface area contributed by atoms with E-state index < -0.39 is 21.7 Å². The average molecular weight is 474 g/mol. The SMILES string of the molecule is COc1ccc2[nH]cc(C3CCN(C(=O)c4cc(S(=O)(=O)NC(C)C)ccc4F)CC3)c2c1. The van der Waals surface area contributed by atoms with Gasteiger partial charge in [-0.2, -0.15) is 0 Å². The van der Waals surface area contributed by atoms with Crippen molar-refractivity contribution in [1.82, 2.24) is 14.6 Å². The number of H-pyrrole nitrogens is 1. The third kappa shape index (κ3) is 4.74. The predicted octanol–water partition coefficient (Wildman–Crippen LogP) is 4.02. The standard InChI is InChI=1S/C24H28FN3O4S/c1-15(2)27-33(30,31)18-5-6-22(25)20(13-18)24(29)28-10-8-16(9-11-28)21-14-26-23-7-4-17(32-3)12-19(21)23/h4-7,12-16,26-27H,8-11H2,1-3H3. The maximum atomic E-state index is 14.5. The number of carbonyl (C=O) groups excluding carboxylic acids is 1. The van der Waals surface area contributed by atoms with Crippen LogP contribution in [0.2, 0.25) is 0 Å². The van der Waals surface area contributed by atoms with Gasteiger partial charge in [0.1, 0.15) is 11.6 Å². The zero-order valence-electron chi connectivity index (χ0n) is 18.9. The summed E-state index contributed by atoms with van der Waals surface area (Å²) in [5.74, 6) is -0.183. The molecule has 1 saturated heterocycles. The number of methoxy groups -OCH3 is 1. The molecule has 9 heteroatoms. The first-order valence-corrected chi connectivity index (χ1v) is 12.4. The van der Waals surface area contributed by atoms with Gasteiger partial charge in [0.25, 0.3) is 5.91 Å². The van der Waals surface area contributed by atoms with Crippen LogP contribution in [0.3, 0.4) is 0 Å². The number of hydrogen-bond donors (Lipinski definition) is 2. The lowest BCUT2D eigenvalue weighted by Gasteiger charge is -2.32. The topological polar surface area (TPSA) is 91.5 Å². The van der Waals surface area contributed by atoms with Gasteiger partial charge in [-0.25, -0.2) is 17.5 Å². The summed E-state index contributed by atoms with van der Waals surface area (Å²) in [7, 11) is -2.19. The number of fused-ring (bicyclic) bond motifs is 1. The van der Waals surface area contributed by atoms with Crippen LogP contribution in [-0.4, -0.2) is 50.5 Å². The number of hydrogen-bond acceptors (Lipinski definition) is 4. The normalized spacial score (nSPS) is 15.4. The van der Waals surface area contributed by atoms with Crippen LogP contribution in [-0.2, 0) is 10.0 Å². The van der Waals surface area contributed by atoms with Crippen LogP contribution in [0.15, 0.2) is 47.5 Å². The molecule has 0 atom stereocenters. The minimum absolute atomic E-state index is 0.122. The fraction of sp³-hybridized carbons (Fsp3) is 0.375. The molecule has 4 rings (SSSR count). The van der Waals surface area contributed by atoms with Crippen LogP contribution in [0, 0.1) is 5.82 Å². The van der Waals surface area contributed by atoms with Gasteiger partial charge in [-0.05, 0) is 74.6 Å². The van der Waals surface area contributed by atoms with Gasteiger partial charge in [0.05, 0.1) is 17.6 Å². The second-order valence-electron chi connectivity index (χ2n) is 8.64. The molecule has 2 N–H and O–H groups in total. The Hall–Kier alpha value is -2.91. The largest absolute Gasteiger partial charge is 0.497 e. The molecule has 0 unspecified atom stereocenters. The summed E-state index contributed by atoms with van der Waals surface area (Å²) in [5, 5.41) is 1.10. The number of nitrogens with zero attached hydrogens (tertiary/aromatic N) is 1. The van der Waals surface area contributed by atoms with Gasteiger partial charge in [-0.15, -0.1) is 0 Å². The number of nitrogens with one attached hydrogen (secondary N) is 2. The van der Waals surface area contributed by atoms with Gasteiger partial charge in [0.15, 0.2) is 0 Å². The highest BCUT2D eigenvalue weighted by atomic mass is 32.2. The summed E-state index contributed by atoms with van der Waals surface area (Å²) in [4.78, 5) is 17.8. The van der Waals surface area contributed by atoms with E-state index in [4.69, 9.17) is 4.74 Å². The van der Waals surface area contributed by atoms with Crippen LogP contribution in [0.4, 0.5) is 4.39 Å². The van der Waals surface area contributed by atoms with Crippen molar-refractivity contribution in [2.24, 2.45) is 0 Å². The fourth-order valence-electron chi connectivity index (χ4n) is 4.36. The number of piperidine rings is 1. The number of rotatable bonds is 6. The number of benzene rings is 2. The van der Waals surface area contributed by atoms with Crippen molar-refractivity contribution < 1.29 is 22.3 Å². The van der Waals surface area contributed by atoms with Crippen molar-refractivity contribution in [1.29, 1.82) is 0 Å². The van der Waals surface area contributed by atoms with Gasteiger partial charge in [0, 0.05) is 36.2 Å². The lowest BCUT2D eigenvalue weighted by Crippen LogP contribution is -2.38. The molecule has 2 aromatic carbocycles. The second kappa shape index (κ2) is 9.15. The summed E-state index contributed by atoms with van der Waals surface area (Å²) in [6.07, 6.45) is 3.46. The van der Waals surface area contributed by atoms with E-state index in [2.05, 4.69) is 9.71 Å². The first-order chi connectivity index (χ1) is 15.7. The molecule has 7 nitrogen and oxygen atoms in total. The monoisotopic (exact) mass is 473 g/mol. The average Bonchev–Trinajstić information content (AvgIpc) is 3.21. The number of likely N-dealkylation sites (tertiary alicyclic amines) is 1. The van der Waals surface area contributed by atoms with E-state index in [9.17, 15) is 17.6 Å². The van der Waals surface area contributed by atoms with Gasteiger partial charge in [-0.1, -0.05) is 0 Å². The number of halogens is 1. The van der Waals surface area contributed by atoms with Crippen molar-refractivity contribution in [3.63, 3.8) is 0 Å². The number of ether oxygens (including phenoxy) is 1. The number of aromatic nitrogens is 1. The molecule has 3 aromatic rings. The zero-order valence-corrected chi connectivity index (χ0v) is 19.7. The van der Waals surface area contributed by atoms with Crippen molar-refractivity contribution in [3.05, 3.63) is 59.5 Å². The van der Waals surface area contributed by atoms with Gasteiger partial charge >= 0.3 is 0 Å². The second-order valence-corrected chi connectivity index (χ2v) is 10.4. The van der Waals surface area contributed by atoms with Gasteiger partial charge in [0.2, 0.25) is 10.0 Å². The number of amides is 1. The minimum atomic E-state index is -3.83. The number of carbonyl (C=O) groups is 1. The Bertz CT molecular complexity index is 1280. The Kier molecular flexibility index (Phi) is 6.45. The fourth-order valence-corrected chi connectivity index (χ4v) is 5.64. The minimum Gasteiger partial charge on any atom is -0.497 e. The number of sulfonamides is 1. The molecule has 0 radical (unpaired) electrons. The molecule has 2 heterocycles. The Balaban J connectivity index is 1.51. The summed E-state index contributed by atoms with van der Waals surface area (Å²) in [6, 6.07) is 8.91. The molecular formula is C24H28FN3O4S. The van der Waals surface area contributed by atoms with E-state index in [1.807, 2.05) is 24.4 Å². The summed E-state index contributed by atoms with van der Waals surface area (Å²) >= 11 is 0. The lowest BCUT2D eigenvalue weighted by atomic mass is 9.89. The molecule has 0 spiro atoms. The summed E-state index contributed by atoms with van der Waals surface area (Å²) in [5.41, 5.74) is 1.98. The highest BCUT2D eigenvalue weighted by Crippen LogP contribution is 2.35.